The molecule has 148 valence electrons. The molecule has 0 radical (unpaired) electrons. The minimum atomic E-state index is -0.624. The predicted octanol–water partition coefficient (Wildman–Crippen LogP) is 4.62. The van der Waals surface area contributed by atoms with Crippen molar-refractivity contribution in [3.8, 4) is 0 Å². The number of aryl methyl sites for hydroxylation is 2. The van der Waals surface area contributed by atoms with Gasteiger partial charge in [-0.05, 0) is 59.1 Å². The van der Waals surface area contributed by atoms with E-state index in [2.05, 4.69) is 26.6 Å². The van der Waals surface area contributed by atoms with Crippen LogP contribution in [-0.2, 0) is 19.1 Å². The van der Waals surface area contributed by atoms with Gasteiger partial charge in [0, 0.05) is 22.3 Å². The first-order valence-electron chi connectivity index (χ1n) is 8.53. The summed E-state index contributed by atoms with van der Waals surface area (Å²) >= 11 is 9.32. The van der Waals surface area contributed by atoms with Crippen molar-refractivity contribution < 1.29 is 19.1 Å². The van der Waals surface area contributed by atoms with E-state index in [0.29, 0.717) is 16.4 Å². The highest BCUT2D eigenvalue weighted by Gasteiger charge is 2.13. The number of hydrogen-bond donors (Lipinski definition) is 2. The fourth-order valence-corrected chi connectivity index (χ4v) is 2.95. The lowest BCUT2D eigenvalue weighted by molar-refractivity contribution is -0.147. The second-order valence-corrected chi connectivity index (χ2v) is 7.41. The zero-order valence-electron chi connectivity index (χ0n) is 15.5. The highest BCUT2D eigenvalue weighted by molar-refractivity contribution is 9.10. The fraction of sp³-hybridized carbons (Fsp3) is 0.250. The summed E-state index contributed by atoms with van der Waals surface area (Å²) in [5, 5.41) is 5.83. The number of rotatable bonds is 7. The molecule has 0 atom stereocenters. The number of esters is 1. The number of hydrogen-bond acceptors (Lipinski definition) is 4. The summed E-state index contributed by atoms with van der Waals surface area (Å²) in [6, 6.07) is 10.7. The number of ether oxygens (including phenoxy) is 1. The van der Waals surface area contributed by atoms with Gasteiger partial charge in [-0.25, -0.2) is 0 Å². The number of anilines is 2. The van der Waals surface area contributed by atoms with Crippen molar-refractivity contribution in [2.75, 3.05) is 17.2 Å². The van der Waals surface area contributed by atoms with Crippen molar-refractivity contribution in [3.05, 3.63) is 57.0 Å². The molecule has 0 fully saturated rings. The molecule has 6 nitrogen and oxygen atoms in total. The van der Waals surface area contributed by atoms with E-state index in [-0.39, 0.29) is 18.7 Å². The Morgan fingerprint density at radius 2 is 1.64 bits per heavy atom. The van der Waals surface area contributed by atoms with Gasteiger partial charge in [-0.2, -0.15) is 0 Å². The van der Waals surface area contributed by atoms with Gasteiger partial charge in [0.05, 0.1) is 11.4 Å². The first kappa shape index (κ1) is 21.9. The molecule has 2 aromatic rings. The van der Waals surface area contributed by atoms with E-state index >= 15 is 0 Å². The van der Waals surface area contributed by atoms with Crippen LogP contribution < -0.4 is 10.6 Å². The largest absolute Gasteiger partial charge is 0.456 e. The predicted molar refractivity (Wildman–Crippen MR) is 113 cm³/mol. The van der Waals surface area contributed by atoms with Crippen LogP contribution in [0.2, 0.25) is 5.02 Å². The number of benzene rings is 2. The third-order valence-electron chi connectivity index (χ3n) is 3.88. The van der Waals surface area contributed by atoms with Gasteiger partial charge in [-0.1, -0.05) is 29.8 Å². The van der Waals surface area contributed by atoms with Crippen LogP contribution in [0.1, 0.15) is 24.0 Å². The molecule has 0 unspecified atom stereocenters. The van der Waals surface area contributed by atoms with Crippen LogP contribution in [0.4, 0.5) is 11.4 Å². The lowest BCUT2D eigenvalue weighted by Gasteiger charge is -2.11. The van der Waals surface area contributed by atoms with Gasteiger partial charge in [0.1, 0.15) is 0 Å². The minimum Gasteiger partial charge on any atom is -0.456 e. The van der Waals surface area contributed by atoms with Crippen molar-refractivity contribution in [1.82, 2.24) is 0 Å². The number of halogens is 2. The van der Waals surface area contributed by atoms with Gasteiger partial charge in [0.2, 0.25) is 5.91 Å². The fourth-order valence-electron chi connectivity index (χ4n) is 2.33. The molecular formula is C20H20BrClN2O4. The third-order valence-corrected chi connectivity index (χ3v) is 5.08. The molecule has 0 spiro atoms. The zero-order chi connectivity index (χ0) is 20.7. The molecule has 2 rings (SSSR count). The Morgan fingerprint density at radius 1 is 0.964 bits per heavy atom. The first-order chi connectivity index (χ1) is 13.3. The summed E-state index contributed by atoms with van der Waals surface area (Å²) in [5.74, 6) is -1.41. The Labute approximate surface area is 176 Å². The summed E-state index contributed by atoms with van der Waals surface area (Å²) in [4.78, 5) is 35.7. The molecule has 28 heavy (non-hydrogen) atoms. The summed E-state index contributed by atoms with van der Waals surface area (Å²) in [7, 11) is 0. The van der Waals surface area contributed by atoms with Crippen LogP contribution in [-0.4, -0.2) is 24.4 Å². The SMILES string of the molecule is Cc1ccccc1NC(=O)CCC(=O)OCC(=O)Nc1cc(Cl)c(Br)cc1C. The van der Waals surface area contributed by atoms with Crippen molar-refractivity contribution in [2.45, 2.75) is 26.7 Å². The molecule has 0 bridgehead atoms. The topological polar surface area (TPSA) is 84.5 Å². The van der Waals surface area contributed by atoms with Gasteiger partial charge < -0.3 is 15.4 Å². The molecule has 8 heteroatoms. The maximum atomic E-state index is 12.0. The molecule has 0 saturated heterocycles. The number of nitrogens with one attached hydrogen (secondary N) is 2. The summed E-state index contributed by atoms with van der Waals surface area (Å²) < 4.78 is 5.64. The van der Waals surface area contributed by atoms with Gasteiger partial charge in [0.15, 0.2) is 6.61 Å². The first-order valence-corrected chi connectivity index (χ1v) is 9.70. The minimum absolute atomic E-state index is 0.0315. The van der Waals surface area contributed by atoms with E-state index in [1.165, 1.54) is 0 Å². The van der Waals surface area contributed by atoms with Gasteiger partial charge >= 0.3 is 5.97 Å². The monoisotopic (exact) mass is 466 g/mol. The maximum absolute atomic E-state index is 12.0. The molecule has 0 aromatic heterocycles. The van der Waals surface area contributed by atoms with Crippen molar-refractivity contribution in [1.29, 1.82) is 0 Å². The van der Waals surface area contributed by atoms with Crippen LogP contribution in [0, 0.1) is 13.8 Å². The van der Waals surface area contributed by atoms with E-state index in [9.17, 15) is 14.4 Å². The normalized spacial score (nSPS) is 10.3. The molecule has 0 aliphatic heterocycles. The van der Waals surface area contributed by atoms with Crippen LogP contribution in [0.15, 0.2) is 40.9 Å². The summed E-state index contributed by atoms with van der Waals surface area (Å²) in [5.41, 5.74) is 2.97. The van der Waals surface area contributed by atoms with Gasteiger partial charge in [-0.3, -0.25) is 14.4 Å². The summed E-state index contributed by atoms with van der Waals surface area (Å²) in [6.45, 7) is 3.25. The number of carbonyl (C=O) groups is 3. The lowest BCUT2D eigenvalue weighted by atomic mass is 10.2. The van der Waals surface area contributed by atoms with Crippen molar-refractivity contribution in [2.24, 2.45) is 0 Å². The number of carbonyl (C=O) groups excluding carboxylic acids is 3. The Morgan fingerprint density at radius 3 is 2.36 bits per heavy atom. The van der Waals surface area contributed by atoms with Crippen LogP contribution in [0.25, 0.3) is 0 Å². The molecule has 2 N–H and O–H groups in total. The molecule has 0 aliphatic carbocycles. The Bertz CT molecular complexity index is 902. The maximum Gasteiger partial charge on any atom is 0.306 e. The molecular weight excluding hydrogens is 448 g/mol. The van der Waals surface area contributed by atoms with E-state index in [1.807, 2.05) is 32.0 Å². The molecule has 0 heterocycles. The quantitative estimate of drug-likeness (QED) is 0.582. The van der Waals surface area contributed by atoms with E-state index < -0.39 is 18.5 Å². The van der Waals surface area contributed by atoms with E-state index in [1.54, 1.807) is 18.2 Å². The average Bonchev–Trinajstić information content (AvgIpc) is 2.64. The lowest BCUT2D eigenvalue weighted by Crippen LogP contribution is -2.22. The van der Waals surface area contributed by atoms with Crippen molar-refractivity contribution >= 4 is 56.7 Å². The molecule has 0 aliphatic rings. The highest BCUT2D eigenvalue weighted by atomic mass is 79.9. The van der Waals surface area contributed by atoms with E-state index in [4.69, 9.17) is 16.3 Å². The average molecular weight is 468 g/mol. The number of para-hydroxylation sites is 1. The Hall–Kier alpha value is -2.38. The zero-order valence-corrected chi connectivity index (χ0v) is 17.8. The molecule has 2 amide bonds. The van der Waals surface area contributed by atoms with Crippen LogP contribution >= 0.6 is 27.5 Å². The van der Waals surface area contributed by atoms with Crippen molar-refractivity contribution in [3.63, 3.8) is 0 Å². The summed E-state index contributed by atoms with van der Waals surface area (Å²) in [6.07, 6.45) is -0.148. The standard InChI is InChI=1S/C20H20BrClN2O4/c1-12-5-3-4-6-16(12)23-18(25)7-8-20(27)28-11-19(26)24-17-10-15(22)14(21)9-13(17)2/h3-6,9-10H,7-8,11H2,1-2H3,(H,23,25)(H,24,26). The molecule has 2 aromatic carbocycles. The highest BCUT2D eigenvalue weighted by Crippen LogP contribution is 2.28. The number of amides is 2. The second kappa shape index (κ2) is 10.2. The van der Waals surface area contributed by atoms with E-state index in [0.717, 1.165) is 15.6 Å². The second-order valence-electron chi connectivity index (χ2n) is 6.15. The Balaban J connectivity index is 1.75. The van der Waals surface area contributed by atoms with Gasteiger partial charge in [-0.15, -0.1) is 0 Å². The Kier molecular flexibility index (Phi) is 8.02. The van der Waals surface area contributed by atoms with Crippen LogP contribution in [0.3, 0.4) is 0 Å². The smallest absolute Gasteiger partial charge is 0.306 e. The van der Waals surface area contributed by atoms with Gasteiger partial charge in [0.25, 0.3) is 5.91 Å². The third kappa shape index (κ3) is 6.65. The van der Waals surface area contributed by atoms with Crippen LogP contribution in [0.5, 0.6) is 0 Å². The molecule has 0 saturated carbocycles.